The first-order valence-electron chi connectivity index (χ1n) is 5.77. The van der Waals surface area contributed by atoms with Crippen molar-refractivity contribution in [3.8, 4) is 0 Å². The number of Topliss-reactive ketones (excluding diaryl/α,β-unsaturated/α-hetero) is 1. The van der Waals surface area contributed by atoms with Gasteiger partial charge in [0, 0.05) is 6.54 Å². The first-order valence-corrected chi connectivity index (χ1v) is 5.77. The average Bonchev–Trinajstić information content (AvgIpc) is 2.83. The highest BCUT2D eigenvalue weighted by molar-refractivity contribution is 6.65. The predicted octanol–water partition coefficient (Wildman–Crippen LogP) is -0.791. The van der Waals surface area contributed by atoms with Gasteiger partial charge in [-0.2, -0.15) is 0 Å². The second-order valence-corrected chi connectivity index (χ2v) is 4.69. The van der Waals surface area contributed by atoms with Crippen molar-refractivity contribution in [1.82, 2.24) is 4.90 Å². The van der Waals surface area contributed by atoms with Gasteiger partial charge in [-0.15, -0.1) is 0 Å². The van der Waals surface area contributed by atoms with Crippen molar-refractivity contribution in [3.05, 3.63) is 30.3 Å². The lowest BCUT2D eigenvalue weighted by molar-refractivity contribution is -0.148. The minimum atomic E-state index is -1.42. The topological polar surface area (TPSA) is 55.8 Å². The summed E-state index contributed by atoms with van der Waals surface area (Å²) in [5.41, 5.74) is -0.681. The van der Waals surface area contributed by atoms with Gasteiger partial charge in [0.05, 0.1) is 6.54 Å². The van der Waals surface area contributed by atoms with Crippen LogP contribution in [0, 0.1) is 0 Å². The van der Waals surface area contributed by atoms with Crippen molar-refractivity contribution in [2.45, 2.75) is 5.60 Å². The van der Waals surface area contributed by atoms with Crippen LogP contribution in [0.4, 0.5) is 0 Å². The summed E-state index contributed by atoms with van der Waals surface area (Å²) in [6.45, 7) is 0.477. The van der Waals surface area contributed by atoms with Crippen molar-refractivity contribution in [3.63, 3.8) is 0 Å². The smallest absolute Gasteiger partial charge is 0.503 e. The Morgan fingerprint density at radius 1 is 1.28 bits per heavy atom. The molecule has 0 bridgehead atoms. The van der Waals surface area contributed by atoms with Crippen molar-refractivity contribution in [1.29, 1.82) is 0 Å². The SMILES string of the molecule is CN1CC(=O)C2(C1)OB(c1ccccc1)OC2=O. The highest BCUT2D eigenvalue weighted by atomic mass is 16.7. The zero-order valence-corrected chi connectivity index (χ0v) is 9.96. The molecule has 0 aromatic heterocycles. The predicted molar refractivity (Wildman–Crippen MR) is 64.2 cm³/mol. The molecule has 0 N–H and O–H groups in total. The quantitative estimate of drug-likeness (QED) is 0.479. The molecular weight excluding hydrogens is 233 g/mol. The van der Waals surface area contributed by atoms with Crippen molar-refractivity contribution < 1.29 is 18.9 Å². The number of benzene rings is 1. The Morgan fingerprint density at radius 2 is 2.00 bits per heavy atom. The fraction of sp³-hybridized carbons (Fsp3) is 0.333. The maximum absolute atomic E-state index is 11.9. The summed E-state index contributed by atoms with van der Waals surface area (Å²) >= 11 is 0. The molecular formula is C12H12BNO4. The highest BCUT2D eigenvalue weighted by Crippen LogP contribution is 2.29. The summed E-state index contributed by atoms with van der Waals surface area (Å²) in [6, 6.07) is 9.14. The molecule has 2 aliphatic heterocycles. The number of hydrogen-bond acceptors (Lipinski definition) is 5. The Labute approximate surface area is 105 Å². The standard InChI is InChI=1S/C12H12BNO4/c1-14-7-10(15)12(8-14)11(16)17-13(18-12)9-5-3-2-4-6-9/h2-6H,7-8H2,1H3. The maximum Gasteiger partial charge on any atom is 0.565 e. The number of ketones is 1. The van der Waals surface area contributed by atoms with Gasteiger partial charge >= 0.3 is 13.1 Å². The Bertz CT molecular complexity index is 506. The van der Waals surface area contributed by atoms with Crippen molar-refractivity contribution in [2.75, 3.05) is 20.1 Å². The van der Waals surface area contributed by atoms with Crippen LogP contribution in [0.15, 0.2) is 30.3 Å². The molecule has 1 aromatic rings. The Balaban J connectivity index is 1.89. The van der Waals surface area contributed by atoms with Crippen molar-refractivity contribution in [2.24, 2.45) is 0 Å². The van der Waals surface area contributed by atoms with Crippen LogP contribution in [0.5, 0.6) is 0 Å². The van der Waals surface area contributed by atoms with Gasteiger partial charge in [0.25, 0.3) is 0 Å². The van der Waals surface area contributed by atoms with Gasteiger partial charge in [-0.1, -0.05) is 30.3 Å². The summed E-state index contributed by atoms with van der Waals surface area (Å²) in [5, 5.41) is 0. The number of carbonyl (C=O) groups excluding carboxylic acids is 2. The molecule has 1 unspecified atom stereocenters. The van der Waals surface area contributed by atoms with E-state index in [4.69, 9.17) is 9.31 Å². The summed E-state index contributed by atoms with van der Waals surface area (Å²) in [6.07, 6.45) is 0. The molecule has 92 valence electrons. The second-order valence-electron chi connectivity index (χ2n) is 4.69. The molecule has 0 amide bonds. The number of rotatable bonds is 1. The fourth-order valence-corrected chi connectivity index (χ4v) is 2.37. The molecule has 1 atom stereocenters. The third kappa shape index (κ3) is 1.57. The number of hydrogen-bond donors (Lipinski definition) is 0. The molecule has 2 fully saturated rings. The van der Waals surface area contributed by atoms with E-state index in [1.165, 1.54) is 0 Å². The molecule has 2 aliphatic rings. The van der Waals surface area contributed by atoms with Gasteiger partial charge in [0.2, 0.25) is 5.60 Å². The Hall–Kier alpha value is -1.66. The van der Waals surface area contributed by atoms with E-state index >= 15 is 0 Å². The molecule has 0 saturated carbocycles. The molecule has 2 heterocycles. The van der Waals surface area contributed by atoms with Crippen molar-refractivity contribution >= 4 is 24.3 Å². The second kappa shape index (κ2) is 3.93. The Kier molecular flexibility index (Phi) is 2.50. The number of nitrogens with zero attached hydrogens (tertiary/aromatic N) is 1. The minimum Gasteiger partial charge on any atom is -0.503 e. The van der Waals surface area contributed by atoms with E-state index in [2.05, 4.69) is 0 Å². The number of likely N-dealkylation sites (N-methyl/N-ethyl adjacent to an activating group) is 1. The number of likely N-dealkylation sites (tertiary alicyclic amines) is 1. The molecule has 6 heteroatoms. The summed E-state index contributed by atoms with van der Waals surface area (Å²) in [4.78, 5) is 25.6. The van der Waals surface area contributed by atoms with E-state index < -0.39 is 18.7 Å². The third-order valence-electron chi connectivity index (χ3n) is 3.28. The summed E-state index contributed by atoms with van der Waals surface area (Å²) in [7, 11) is 0.994. The summed E-state index contributed by atoms with van der Waals surface area (Å²) in [5.74, 6) is -0.806. The molecule has 0 radical (unpaired) electrons. The van der Waals surface area contributed by atoms with Crippen LogP contribution in [0.1, 0.15) is 0 Å². The average molecular weight is 245 g/mol. The van der Waals surface area contributed by atoms with Gasteiger partial charge < -0.3 is 9.31 Å². The zero-order valence-electron chi connectivity index (χ0n) is 9.96. The van der Waals surface area contributed by atoms with E-state index in [1.54, 1.807) is 24.1 Å². The van der Waals surface area contributed by atoms with E-state index in [9.17, 15) is 9.59 Å². The zero-order chi connectivity index (χ0) is 12.8. The summed E-state index contributed by atoms with van der Waals surface area (Å²) < 4.78 is 10.8. The lowest BCUT2D eigenvalue weighted by Gasteiger charge is -2.16. The highest BCUT2D eigenvalue weighted by Gasteiger charge is 2.61. The van der Waals surface area contributed by atoms with E-state index in [0.717, 1.165) is 5.46 Å². The largest absolute Gasteiger partial charge is 0.565 e. The molecule has 5 nitrogen and oxygen atoms in total. The number of carbonyl (C=O) groups is 2. The van der Waals surface area contributed by atoms with E-state index in [1.807, 2.05) is 18.2 Å². The minimum absolute atomic E-state index is 0.219. The van der Waals surface area contributed by atoms with Crippen LogP contribution < -0.4 is 5.46 Å². The monoisotopic (exact) mass is 245 g/mol. The van der Waals surface area contributed by atoms with Gasteiger partial charge in [-0.05, 0) is 12.5 Å². The lowest BCUT2D eigenvalue weighted by atomic mass is 9.79. The van der Waals surface area contributed by atoms with Crippen LogP contribution in [0.25, 0.3) is 0 Å². The van der Waals surface area contributed by atoms with Gasteiger partial charge in [-0.25, -0.2) is 0 Å². The molecule has 1 aromatic carbocycles. The van der Waals surface area contributed by atoms with Crippen LogP contribution in [-0.4, -0.2) is 49.5 Å². The Morgan fingerprint density at radius 3 is 2.61 bits per heavy atom. The van der Waals surface area contributed by atoms with Gasteiger partial charge in [0.15, 0.2) is 5.78 Å². The first kappa shape index (κ1) is 11.4. The van der Waals surface area contributed by atoms with Crippen LogP contribution in [-0.2, 0) is 18.9 Å². The fourth-order valence-electron chi connectivity index (χ4n) is 2.37. The normalized spacial score (nSPS) is 28.2. The first-order chi connectivity index (χ1) is 8.62. The molecule has 0 aliphatic carbocycles. The molecule has 3 rings (SSSR count). The molecule has 2 saturated heterocycles. The molecule has 1 spiro atoms. The van der Waals surface area contributed by atoms with Crippen LogP contribution in [0.3, 0.4) is 0 Å². The lowest BCUT2D eigenvalue weighted by Crippen LogP contribution is -2.46. The van der Waals surface area contributed by atoms with Gasteiger partial charge in [0.1, 0.15) is 0 Å². The van der Waals surface area contributed by atoms with Crippen LogP contribution >= 0.6 is 0 Å². The van der Waals surface area contributed by atoms with Crippen LogP contribution in [0.2, 0.25) is 0 Å². The van der Waals surface area contributed by atoms with E-state index in [0.29, 0.717) is 0 Å². The molecule has 18 heavy (non-hydrogen) atoms. The maximum atomic E-state index is 11.9. The van der Waals surface area contributed by atoms with Gasteiger partial charge in [-0.3, -0.25) is 14.5 Å². The van der Waals surface area contributed by atoms with E-state index in [-0.39, 0.29) is 18.9 Å². The third-order valence-corrected chi connectivity index (χ3v) is 3.28.